The molecule has 0 atom stereocenters. The molecular formula is C13H16F3NO. The van der Waals surface area contributed by atoms with Crippen LogP contribution < -0.4 is 5.32 Å². The fourth-order valence-electron chi connectivity index (χ4n) is 1.52. The molecule has 0 saturated heterocycles. The summed E-state index contributed by atoms with van der Waals surface area (Å²) in [6.07, 6.45) is -4.30. The maximum absolute atomic E-state index is 12.7. The largest absolute Gasteiger partial charge is 0.418 e. The molecule has 0 radical (unpaired) electrons. The Bertz CT molecular complexity index is 433. The van der Waals surface area contributed by atoms with Crippen molar-refractivity contribution in [2.24, 2.45) is 5.41 Å². The smallest absolute Gasteiger partial charge is 0.325 e. The van der Waals surface area contributed by atoms with Crippen molar-refractivity contribution in [2.45, 2.75) is 33.4 Å². The maximum atomic E-state index is 12.7. The quantitative estimate of drug-likeness (QED) is 0.851. The van der Waals surface area contributed by atoms with Gasteiger partial charge in [-0.2, -0.15) is 13.2 Å². The Hall–Kier alpha value is -1.52. The Kier molecular flexibility index (Phi) is 4.04. The van der Waals surface area contributed by atoms with E-state index in [1.54, 1.807) is 0 Å². The van der Waals surface area contributed by atoms with Gasteiger partial charge in [-0.05, 0) is 17.5 Å². The van der Waals surface area contributed by atoms with Gasteiger partial charge in [-0.1, -0.05) is 32.9 Å². The zero-order chi connectivity index (χ0) is 14.0. The van der Waals surface area contributed by atoms with E-state index in [0.29, 0.717) is 0 Å². The Balaban J connectivity index is 2.89. The molecular weight excluding hydrogens is 243 g/mol. The highest BCUT2D eigenvalue weighted by molar-refractivity contribution is 5.92. The van der Waals surface area contributed by atoms with Gasteiger partial charge in [0.25, 0.3) is 0 Å². The molecule has 0 fully saturated rings. The average molecular weight is 259 g/mol. The number of carbonyl (C=O) groups is 1. The zero-order valence-electron chi connectivity index (χ0n) is 10.6. The standard InChI is InChI=1S/C13H16F3NO/c1-12(2,3)8-11(18)17-10-7-5-4-6-9(10)13(14,15)16/h4-7H,8H2,1-3H3,(H,17,18). The molecule has 1 aromatic carbocycles. The number of hydrogen-bond acceptors (Lipinski definition) is 1. The molecule has 0 aromatic heterocycles. The Morgan fingerprint density at radius 3 is 2.22 bits per heavy atom. The summed E-state index contributed by atoms with van der Waals surface area (Å²) < 4.78 is 38.1. The van der Waals surface area contributed by atoms with Gasteiger partial charge in [0.15, 0.2) is 0 Å². The normalized spacial score (nSPS) is 12.3. The van der Waals surface area contributed by atoms with Crippen LogP contribution in [0.15, 0.2) is 24.3 Å². The van der Waals surface area contributed by atoms with Crippen molar-refractivity contribution in [2.75, 3.05) is 5.32 Å². The van der Waals surface area contributed by atoms with Gasteiger partial charge in [0, 0.05) is 6.42 Å². The highest BCUT2D eigenvalue weighted by atomic mass is 19.4. The maximum Gasteiger partial charge on any atom is 0.418 e. The van der Waals surface area contributed by atoms with E-state index in [1.165, 1.54) is 18.2 Å². The number of carbonyl (C=O) groups excluding carboxylic acids is 1. The minimum Gasteiger partial charge on any atom is -0.325 e. The molecule has 0 saturated carbocycles. The van der Waals surface area contributed by atoms with Crippen molar-refractivity contribution in [1.29, 1.82) is 0 Å². The van der Waals surface area contributed by atoms with Crippen LogP contribution in [0.4, 0.5) is 18.9 Å². The van der Waals surface area contributed by atoms with Crippen LogP contribution >= 0.6 is 0 Å². The van der Waals surface area contributed by atoms with Gasteiger partial charge in [0.2, 0.25) is 5.91 Å². The molecule has 100 valence electrons. The van der Waals surface area contributed by atoms with Crippen LogP contribution in [0.2, 0.25) is 0 Å². The predicted molar refractivity (Wildman–Crippen MR) is 64.1 cm³/mol. The molecule has 2 nitrogen and oxygen atoms in total. The molecule has 0 aliphatic heterocycles. The number of rotatable bonds is 2. The second-order valence-electron chi connectivity index (χ2n) is 5.33. The third kappa shape index (κ3) is 4.39. The van der Waals surface area contributed by atoms with Crippen LogP contribution in [0.1, 0.15) is 32.8 Å². The molecule has 1 rings (SSSR count). The number of benzene rings is 1. The lowest BCUT2D eigenvalue weighted by Gasteiger charge is -2.19. The number of para-hydroxylation sites is 1. The van der Waals surface area contributed by atoms with E-state index in [2.05, 4.69) is 5.32 Å². The monoisotopic (exact) mass is 259 g/mol. The van der Waals surface area contributed by atoms with Crippen LogP contribution in [-0.2, 0) is 11.0 Å². The van der Waals surface area contributed by atoms with Crippen LogP contribution in [0, 0.1) is 5.41 Å². The van der Waals surface area contributed by atoms with Crippen LogP contribution in [-0.4, -0.2) is 5.91 Å². The summed E-state index contributed by atoms with van der Waals surface area (Å²) in [6, 6.07) is 4.96. The van der Waals surface area contributed by atoms with Gasteiger partial charge in [0.1, 0.15) is 0 Å². The molecule has 0 spiro atoms. The highest BCUT2D eigenvalue weighted by Gasteiger charge is 2.33. The van der Waals surface area contributed by atoms with E-state index in [1.807, 2.05) is 20.8 Å². The van der Waals surface area contributed by atoms with Gasteiger partial charge in [-0.15, -0.1) is 0 Å². The third-order valence-electron chi connectivity index (χ3n) is 2.20. The molecule has 1 amide bonds. The summed E-state index contributed by atoms with van der Waals surface area (Å²) in [5, 5.41) is 2.31. The minimum atomic E-state index is -4.47. The molecule has 0 aliphatic carbocycles. The molecule has 1 aromatic rings. The first-order chi connectivity index (χ1) is 8.09. The third-order valence-corrected chi connectivity index (χ3v) is 2.20. The lowest BCUT2D eigenvalue weighted by atomic mass is 9.92. The fourth-order valence-corrected chi connectivity index (χ4v) is 1.52. The number of nitrogens with one attached hydrogen (secondary N) is 1. The molecule has 0 heterocycles. The van der Waals surface area contributed by atoms with E-state index in [9.17, 15) is 18.0 Å². The first-order valence-electron chi connectivity index (χ1n) is 5.56. The number of halogens is 3. The highest BCUT2D eigenvalue weighted by Crippen LogP contribution is 2.34. The van der Waals surface area contributed by atoms with E-state index in [-0.39, 0.29) is 17.5 Å². The first kappa shape index (κ1) is 14.5. The van der Waals surface area contributed by atoms with Crippen LogP contribution in [0.25, 0.3) is 0 Å². The number of amides is 1. The van der Waals surface area contributed by atoms with Crippen molar-refractivity contribution < 1.29 is 18.0 Å². The first-order valence-corrected chi connectivity index (χ1v) is 5.56. The van der Waals surface area contributed by atoms with Gasteiger partial charge in [-0.3, -0.25) is 4.79 Å². The Labute approximate surface area is 104 Å². The van der Waals surface area contributed by atoms with E-state index in [0.717, 1.165) is 6.07 Å². The molecule has 5 heteroatoms. The topological polar surface area (TPSA) is 29.1 Å². The Morgan fingerprint density at radius 2 is 1.72 bits per heavy atom. The second kappa shape index (κ2) is 5.00. The summed E-state index contributed by atoms with van der Waals surface area (Å²) >= 11 is 0. The predicted octanol–water partition coefficient (Wildman–Crippen LogP) is 4.08. The molecule has 0 bridgehead atoms. The molecule has 1 N–H and O–H groups in total. The van der Waals surface area contributed by atoms with Crippen molar-refractivity contribution in [1.82, 2.24) is 0 Å². The van der Waals surface area contributed by atoms with Crippen LogP contribution in [0.3, 0.4) is 0 Å². The lowest BCUT2D eigenvalue weighted by molar-refractivity contribution is -0.137. The molecule has 0 aliphatic rings. The summed E-state index contributed by atoms with van der Waals surface area (Å²) in [6.45, 7) is 5.55. The number of hydrogen-bond donors (Lipinski definition) is 1. The number of anilines is 1. The van der Waals surface area contributed by atoms with E-state index in [4.69, 9.17) is 0 Å². The fraction of sp³-hybridized carbons (Fsp3) is 0.462. The van der Waals surface area contributed by atoms with Gasteiger partial charge in [0.05, 0.1) is 11.3 Å². The van der Waals surface area contributed by atoms with Crippen molar-refractivity contribution >= 4 is 11.6 Å². The van der Waals surface area contributed by atoms with Gasteiger partial charge in [-0.25, -0.2) is 0 Å². The SMILES string of the molecule is CC(C)(C)CC(=O)Nc1ccccc1C(F)(F)F. The van der Waals surface area contributed by atoms with Gasteiger partial charge >= 0.3 is 6.18 Å². The van der Waals surface area contributed by atoms with Crippen molar-refractivity contribution in [3.05, 3.63) is 29.8 Å². The van der Waals surface area contributed by atoms with Crippen molar-refractivity contribution in [3.63, 3.8) is 0 Å². The number of alkyl halides is 3. The van der Waals surface area contributed by atoms with E-state index >= 15 is 0 Å². The minimum absolute atomic E-state index is 0.166. The van der Waals surface area contributed by atoms with Gasteiger partial charge < -0.3 is 5.32 Å². The second-order valence-corrected chi connectivity index (χ2v) is 5.33. The molecule has 0 unspecified atom stereocenters. The van der Waals surface area contributed by atoms with E-state index < -0.39 is 17.6 Å². The summed E-state index contributed by atoms with van der Waals surface area (Å²) in [5.74, 6) is -0.417. The summed E-state index contributed by atoms with van der Waals surface area (Å²) in [4.78, 5) is 11.6. The van der Waals surface area contributed by atoms with Crippen LogP contribution in [0.5, 0.6) is 0 Å². The Morgan fingerprint density at radius 1 is 1.17 bits per heavy atom. The lowest BCUT2D eigenvalue weighted by Crippen LogP contribution is -2.21. The van der Waals surface area contributed by atoms with Crippen molar-refractivity contribution in [3.8, 4) is 0 Å². The zero-order valence-corrected chi connectivity index (χ0v) is 10.6. The molecule has 18 heavy (non-hydrogen) atoms. The summed E-state index contributed by atoms with van der Waals surface area (Å²) in [5.41, 5.74) is -1.29. The summed E-state index contributed by atoms with van der Waals surface area (Å²) in [7, 11) is 0. The average Bonchev–Trinajstić information content (AvgIpc) is 2.13.